The number of hydrogen-bond donors (Lipinski definition) is 0. The minimum Gasteiger partial charge on any atom is -0.211 e. The molecule has 15 heavy (non-hydrogen) atoms. The molecule has 1 atom stereocenters. The first-order valence-corrected chi connectivity index (χ1v) is 5.80. The Morgan fingerprint density at radius 2 is 2.27 bits per heavy atom. The summed E-state index contributed by atoms with van der Waals surface area (Å²) in [5.41, 5.74) is 2.33. The third-order valence-corrected chi connectivity index (χ3v) is 3.22. The summed E-state index contributed by atoms with van der Waals surface area (Å²) in [6.45, 7) is 4.77. The predicted octanol–water partition coefficient (Wildman–Crippen LogP) is 3.80. The van der Waals surface area contributed by atoms with Crippen LogP contribution < -0.4 is 0 Å². The van der Waals surface area contributed by atoms with Crippen LogP contribution in [0.1, 0.15) is 37.3 Å². The lowest BCUT2D eigenvalue weighted by molar-refractivity contribution is 0.563. The fraction of sp³-hybridized carbons (Fsp3) is 0.417. The molecule has 0 heterocycles. The quantitative estimate of drug-likeness (QED) is 0.603. The summed E-state index contributed by atoms with van der Waals surface area (Å²) in [6, 6.07) is 6.11. The normalized spacial score (nSPS) is 11.9. The van der Waals surface area contributed by atoms with Crippen molar-refractivity contribution in [3.63, 3.8) is 0 Å². The molecule has 1 aromatic carbocycles. The molecule has 0 amide bonds. The number of nitrogens with zero attached hydrogens (tertiary/aromatic N) is 1. The van der Waals surface area contributed by atoms with E-state index < -0.39 is 0 Å². The fourth-order valence-electron chi connectivity index (χ4n) is 1.41. The average Bonchev–Trinajstić information content (AvgIpc) is 2.25. The molecule has 0 spiro atoms. The number of halogens is 1. The summed E-state index contributed by atoms with van der Waals surface area (Å²) < 4.78 is 1.09. The highest BCUT2D eigenvalue weighted by atomic mass is 79.9. The third-order valence-electron chi connectivity index (χ3n) is 2.53. The Morgan fingerprint density at radius 1 is 1.53 bits per heavy atom. The first-order valence-electron chi connectivity index (χ1n) is 5.01. The van der Waals surface area contributed by atoms with Crippen molar-refractivity contribution in [2.24, 2.45) is 4.99 Å². The van der Waals surface area contributed by atoms with E-state index in [9.17, 15) is 4.79 Å². The van der Waals surface area contributed by atoms with Gasteiger partial charge in [-0.25, -0.2) is 9.79 Å². The van der Waals surface area contributed by atoms with Gasteiger partial charge in [0.1, 0.15) is 0 Å². The van der Waals surface area contributed by atoms with Crippen LogP contribution in [-0.2, 0) is 11.3 Å². The molecular weight excluding hydrogens is 254 g/mol. The van der Waals surface area contributed by atoms with Crippen LogP contribution in [0.4, 0.5) is 0 Å². The van der Waals surface area contributed by atoms with Gasteiger partial charge in [0.15, 0.2) is 0 Å². The van der Waals surface area contributed by atoms with E-state index in [0.717, 1.165) is 16.5 Å². The highest BCUT2D eigenvalue weighted by Gasteiger charge is 2.07. The van der Waals surface area contributed by atoms with Crippen LogP contribution in [-0.4, -0.2) is 6.08 Å². The zero-order valence-electron chi connectivity index (χ0n) is 8.96. The Kier molecular flexibility index (Phi) is 4.73. The first-order chi connectivity index (χ1) is 7.19. The van der Waals surface area contributed by atoms with Crippen LogP contribution in [0.5, 0.6) is 0 Å². The number of carbonyl (C=O) groups excluding carboxylic acids is 1. The largest absolute Gasteiger partial charge is 0.235 e. The summed E-state index contributed by atoms with van der Waals surface area (Å²) in [5.74, 6) is 0.544. The summed E-state index contributed by atoms with van der Waals surface area (Å²) >= 11 is 3.54. The van der Waals surface area contributed by atoms with E-state index in [0.29, 0.717) is 12.5 Å². The van der Waals surface area contributed by atoms with Crippen molar-refractivity contribution < 1.29 is 4.79 Å². The molecule has 0 aliphatic heterocycles. The van der Waals surface area contributed by atoms with Crippen LogP contribution in [0.3, 0.4) is 0 Å². The van der Waals surface area contributed by atoms with Crippen molar-refractivity contribution in [3.05, 3.63) is 33.8 Å². The smallest absolute Gasteiger partial charge is 0.211 e. The maximum atomic E-state index is 9.98. The highest BCUT2D eigenvalue weighted by molar-refractivity contribution is 9.10. The van der Waals surface area contributed by atoms with Gasteiger partial charge in [-0.1, -0.05) is 41.9 Å². The second kappa shape index (κ2) is 5.84. The number of aliphatic imine (C=N–C) groups is 1. The van der Waals surface area contributed by atoms with Gasteiger partial charge in [-0.15, -0.1) is 0 Å². The highest BCUT2D eigenvalue weighted by Crippen LogP contribution is 2.28. The number of rotatable bonds is 4. The molecule has 0 fully saturated rings. The fourth-order valence-corrected chi connectivity index (χ4v) is 2.23. The molecule has 2 nitrogen and oxygen atoms in total. The van der Waals surface area contributed by atoms with Crippen molar-refractivity contribution in [1.82, 2.24) is 0 Å². The van der Waals surface area contributed by atoms with Crippen molar-refractivity contribution >= 4 is 22.0 Å². The number of isocyanates is 1. The van der Waals surface area contributed by atoms with Gasteiger partial charge in [-0.05, 0) is 29.5 Å². The number of benzene rings is 1. The van der Waals surface area contributed by atoms with Gasteiger partial charge in [0.25, 0.3) is 0 Å². The van der Waals surface area contributed by atoms with Crippen LogP contribution >= 0.6 is 15.9 Å². The second-order valence-corrected chi connectivity index (χ2v) is 4.43. The standard InChI is InChI=1S/C12H14BrNO/c1-3-9(2)11-5-4-10(6-12(11)13)7-14-8-15/h4-6,9H,3,7H2,1-2H3. The zero-order chi connectivity index (χ0) is 11.3. The molecule has 1 aromatic rings. The van der Waals surface area contributed by atoms with E-state index in [2.05, 4.69) is 40.8 Å². The van der Waals surface area contributed by atoms with E-state index in [1.54, 1.807) is 6.08 Å². The topological polar surface area (TPSA) is 29.4 Å². The van der Waals surface area contributed by atoms with Crippen LogP contribution in [0.15, 0.2) is 27.7 Å². The molecule has 0 saturated heterocycles. The lowest BCUT2D eigenvalue weighted by Gasteiger charge is -2.11. The molecule has 0 radical (unpaired) electrons. The van der Waals surface area contributed by atoms with E-state index in [-0.39, 0.29) is 0 Å². The van der Waals surface area contributed by atoms with Gasteiger partial charge in [0, 0.05) is 4.47 Å². The van der Waals surface area contributed by atoms with Crippen molar-refractivity contribution in [2.45, 2.75) is 32.7 Å². The van der Waals surface area contributed by atoms with E-state index in [1.807, 2.05) is 12.1 Å². The SMILES string of the molecule is CCC(C)c1ccc(CN=C=O)cc1Br. The minimum absolute atomic E-state index is 0.406. The summed E-state index contributed by atoms with van der Waals surface area (Å²) in [4.78, 5) is 13.5. The molecule has 80 valence electrons. The predicted molar refractivity (Wildman–Crippen MR) is 64.7 cm³/mol. The maximum absolute atomic E-state index is 9.98. The molecular formula is C12H14BrNO. The molecule has 0 saturated carbocycles. The van der Waals surface area contributed by atoms with Gasteiger partial charge < -0.3 is 0 Å². The molecule has 0 bridgehead atoms. The van der Waals surface area contributed by atoms with Gasteiger partial charge in [-0.3, -0.25) is 0 Å². The van der Waals surface area contributed by atoms with Gasteiger partial charge in [0.05, 0.1) is 6.54 Å². The summed E-state index contributed by atoms with van der Waals surface area (Å²) in [7, 11) is 0. The Balaban J connectivity index is 2.92. The van der Waals surface area contributed by atoms with Crippen molar-refractivity contribution in [1.29, 1.82) is 0 Å². The molecule has 1 unspecified atom stereocenters. The van der Waals surface area contributed by atoms with Gasteiger partial charge in [-0.2, -0.15) is 0 Å². The van der Waals surface area contributed by atoms with Crippen LogP contribution in [0.2, 0.25) is 0 Å². The Labute approximate surface area is 98.5 Å². The Morgan fingerprint density at radius 3 is 2.80 bits per heavy atom. The molecule has 0 aliphatic rings. The van der Waals surface area contributed by atoms with E-state index in [4.69, 9.17) is 0 Å². The monoisotopic (exact) mass is 267 g/mol. The molecule has 0 aromatic heterocycles. The molecule has 1 rings (SSSR count). The number of hydrogen-bond acceptors (Lipinski definition) is 2. The molecule has 3 heteroatoms. The zero-order valence-corrected chi connectivity index (χ0v) is 10.5. The average molecular weight is 268 g/mol. The van der Waals surface area contributed by atoms with Gasteiger partial charge >= 0.3 is 0 Å². The first kappa shape index (κ1) is 12.2. The molecule has 0 aliphatic carbocycles. The van der Waals surface area contributed by atoms with E-state index >= 15 is 0 Å². The van der Waals surface area contributed by atoms with Gasteiger partial charge in [0.2, 0.25) is 6.08 Å². The Hall–Kier alpha value is -0.920. The van der Waals surface area contributed by atoms with E-state index in [1.165, 1.54) is 5.56 Å². The lowest BCUT2D eigenvalue weighted by atomic mass is 9.98. The lowest BCUT2D eigenvalue weighted by Crippen LogP contribution is -1.94. The third kappa shape index (κ3) is 3.29. The maximum Gasteiger partial charge on any atom is 0.235 e. The minimum atomic E-state index is 0.406. The molecule has 0 N–H and O–H groups in total. The second-order valence-electron chi connectivity index (χ2n) is 3.57. The Bertz CT molecular complexity index is 383. The van der Waals surface area contributed by atoms with Crippen LogP contribution in [0.25, 0.3) is 0 Å². The summed E-state index contributed by atoms with van der Waals surface area (Å²) in [6.07, 6.45) is 2.66. The van der Waals surface area contributed by atoms with Crippen LogP contribution in [0, 0.1) is 0 Å². The van der Waals surface area contributed by atoms with Crippen molar-refractivity contribution in [3.8, 4) is 0 Å². The summed E-state index contributed by atoms with van der Waals surface area (Å²) in [5, 5.41) is 0. The van der Waals surface area contributed by atoms with Crippen molar-refractivity contribution in [2.75, 3.05) is 0 Å².